The molecule has 0 radical (unpaired) electrons. The lowest BCUT2D eigenvalue weighted by atomic mass is 9.96. The van der Waals surface area contributed by atoms with Crippen molar-refractivity contribution in [1.29, 1.82) is 0 Å². The van der Waals surface area contributed by atoms with Crippen LogP contribution in [0.25, 0.3) is 5.65 Å². The number of fused-ring (bicyclic) bond motifs is 1. The molecule has 3 aromatic rings. The number of urea groups is 1. The number of aromatic nitrogens is 4. The van der Waals surface area contributed by atoms with Crippen molar-refractivity contribution in [3.8, 4) is 0 Å². The lowest BCUT2D eigenvalue weighted by Crippen LogP contribution is -2.41. The van der Waals surface area contributed by atoms with E-state index in [1.165, 1.54) is 23.1 Å². The number of amides is 2. The van der Waals surface area contributed by atoms with Gasteiger partial charge in [0.25, 0.3) is 0 Å². The Morgan fingerprint density at radius 1 is 0.968 bits per heavy atom. The fraction of sp³-hybridized carbons (Fsp3) is 0.429. The number of benzene rings is 1. The summed E-state index contributed by atoms with van der Waals surface area (Å²) in [5.41, 5.74) is 0.658. The molecule has 2 amide bonds. The van der Waals surface area contributed by atoms with E-state index in [-0.39, 0.29) is 11.6 Å². The minimum absolute atomic E-state index is 0.0865. The first kappa shape index (κ1) is 19.8. The van der Waals surface area contributed by atoms with Gasteiger partial charge in [-0.2, -0.15) is 22.8 Å². The Bertz CT molecular complexity index is 1120. The SMILES string of the molecule is O=C(Nc1ccccc1C(F)(F)F)N1CCC(c2nnc3ccc(C4CC4)nn23)CC1. The van der Waals surface area contributed by atoms with Crippen molar-refractivity contribution in [1.82, 2.24) is 24.7 Å². The van der Waals surface area contributed by atoms with E-state index in [0.29, 0.717) is 37.5 Å². The molecule has 2 fully saturated rings. The summed E-state index contributed by atoms with van der Waals surface area (Å²) in [5.74, 6) is 1.38. The van der Waals surface area contributed by atoms with Crippen molar-refractivity contribution in [2.24, 2.45) is 0 Å². The zero-order chi connectivity index (χ0) is 21.6. The van der Waals surface area contributed by atoms with Gasteiger partial charge >= 0.3 is 12.2 Å². The van der Waals surface area contributed by atoms with Gasteiger partial charge in [-0.15, -0.1) is 10.2 Å². The molecule has 7 nitrogen and oxygen atoms in total. The van der Waals surface area contributed by atoms with E-state index in [2.05, 4.69) is 15.5 Å². The molecule has 1 aromatic carbocycles. The van der Waals surface area contributed by atoms with Crippen molar-refractivity contribution in [3.63, 3.8) is 0 Å². The number of carbonyl (C=O) groups is 1. The lowest BCUT2D eigenvalue weighted by Gasteiger charge is -2.31. The van der Waals surface area contributed by atoms with Crippen LogP contribution in [0.2, 0.25) is 0 Å². The predicted octanol–water partition coefficient (Wildman–Crippen LogP) is 4.43. The molecule has 1 aliphatic carbocycles. The number of piperidine rings is 1. The molecule has 0 unspecified atom stereocenters. The monoisotopic (exact) mass is 430 g/mol. The zero-order valence-electron chi connectivity index (χ0n) is 16.6. The molecule has 0 spiro atoms. The van der Waals surface area contributed by atoms with Crippen LogP contribution < -0.4 is 5.32 Å². The summed E-state index contributed by atoms with van der Waals surface area (Å²) in [5, 5.41) is 15.7. The molecule has 0 bridgehead atoms. The average molecular weight is 430 g/mol. The van der Waals surface area contributed by atoms with Crippen LogP contribution in [0.4, 0.5) is 23.7 Å². The molecular weight excluding hydrogens is 409 g/mol. The molecule has 2 aromatic heterocycles. The fourth-order valence-corrected chi connectivity index (χ4v) is 4.05. The Balaban J connectivity index is 1.26. The van der Waals surface area contributed by atoms with Crippen molar-refractivity contribution in [2.45, 2.75) is 43.7 Å². The first-order valence-electron chi connectivity index (χ1n) is 10.3. The van der Waals surface area contributed by atoms with Gasteiger partial charge in [0.15, 0.2) is 11.5 Å². The van der Waals surface area contributed by atoms with Crippen molar-refractivity contribution in [2.75, 3.05) is 18.4 Å². The van der Waals surface area contributed by atoms with E-state index in [9.17, 15) is 18.0 Å². The second kappa shape index (κ2) is 7.51. The smallest absolute Gasteiger partial charge is 0.324 e. The van der Waals surface area contributed by atoms with Gasteiger partial charge in [-0.3, -0.25) is 0 Å². The molecule has 1 saturated carbocycles. The summed E-state index contributed by atoms with van der Waals surface area (Å²) in [6, 6.07) is 8.39. The predicted molar refractivity (Wildman–Crippen MR) is 107 cm³/mol. The second-order valence-electron chi connectivity index (χ2n) is 8.10. The van der Waals surface area contributed by atoms with Gasteiger partial charge in [0.1, 0.15) is 0 Å². The topological polar surface area (TPSA) is 75.4 Å². The van der Waals surface area contributed by atoms with Crippen LogP contribution in [0.15, 0.2) is 36.4 Å². The summed E-state index contributed by atoms with van der Waals surface area (Å²) in [7, 11) is 0. The first-order chi connectivity index (χ1) is 14.9. The number of rotatable bonds is 3. The second-order valence-corrected chi connectivity index (χ2v) is 8.10. The molecule has 3 heterocycles. The van der Waals surface area contributed by atoms with Crippen molar-refractivity contribution >= 4 is 17.4 Å². The summed E-state index contributed by atoms with van der Waals surface area (Å²) in [6.07, 6.45) is -0.936. The number of alkyl halides is 3. The number of para-hydroxylation sites is 1. The summed E-state index contributed by atoms with van der Waals surface area (Å²) in [4.78, 5) is 14.1. The van der Waals surface area contributed by atoms with Crippen LogP contribution in [0, 0.1) is 0 Å². The molecule has 1 N–H and O–H groups in total. The van der Waals surface area contributed by atoms with Crippen molar-refractivity contribution in [3.05, 3.63) is 53.5 Å². The van der Waals surface area contributed by atoms with E-state index in [4.69, 9.17) is 5.10 Å². The maximum absolute atomic E-state index is 13.2. The Hall–Kier alpha value is -3.17. The number of likely N-dealkylation sites (tertiary alicyclic amines) is 1. The molecule has 162 valence electrons. The number of nitrogens with zero attached hydrogens (tertiary/aromatic N) is 5. The van der Waals surface area contributed by atoms with Crippen molar-refractivity contribution < 1.29 is 18.0 Å². The summed E-state index contributed by atoms with van der Waals surface area (Å²) >= 11 is 0. The minimum Gasteiger partial charge on any atom is -0.324 e. The van der Waals surface area contributed by atoms with Gasteiger partial charge in [0.05, 0.1) is 16.9 Å². The van der Waals surface area contributed by atoms with Crippen LogP contribution >= 0.6 is 0 Å². The van der Waals surface area contributed by atoms with E-state index >= 15 is 0 Å². The average Bonchev–Trinajstić information content (AvgIpc) is 3.52. The maximum Gasteiger partial charge on any atom is 0.418 e. The standard InChI is InChI=1S/C21H21F3N6O/c22-21(23,24)15-3-1-2-4-17(15)25-20(31)29-11-9-14(10-12-29)19-27-26-18-8-7-16(13-5-6-13)28-30(18)19/h1-4,7-8,13-14H,5-6,9-12H2,(H,25,31). The Kier molecular flexibility index (Phi) is 4.79. The molecule has 1 aliphatic heterocycles. The molecule has 31 heavy (non-hydrogen) atoms. The van der Waals surface area contributed by atoms with Crippen LogP contribution in [0.1, 0.15) is 54.6 Å². The number of halogens is 3. The summed E-state index contributed by atoms with van der Waals surface area (Å²) in [6.45, 7) is 0.837. The lowest BCUT2D eigenvalue weighted by molar-refractivity contribution is -0.136. The van der Waals surface area contributed by atoms with Gasteiger partial charge in [-0.1, -0.05) is 12.1 Å². The van der Waals surface area contributed by atoms with Gasteiger partial charge < -0.3 is 10.2 Å². The van der Waals surface area contributed by atoms with Crippen LogP contribution in [0.3, 0.4) is 0 Å². The van der Waals surface area contributed by atoms with Gasteiger partial charge in [-0.05, 0) is 49.9 Å². The minimum atomic E-state index is -4.53. The van der Waals surface area contributed by atoms with Crippen LogP contribution in [-0.2, 0) is 6.18 Å². The fourth-order valence-electron chi connectivity index (χ4n) is 4.05. The van der Waals surface area contributed by atoms with Gasteiger partial charge in [0, 0.05) is 24.9 Å². The Morgan fingerprint density at radius 3 is 2.42 bits per heavy atom. The van der Waals surface area contributed by atoms with Gasteiger partial charge in [-0.25, -0.2) is 4.79 Å². The highest BCUT2D eigenvalue weighted by Crippen LogP contribution is 2.39. The van der Waals surface area contributed by atoms with Gasteiger partial charge in [0.2, 0.25) is 0 Å². The van der Waals surface area contributed by atoms with Crippen LogP contribution in [-0.4, -0.2) is 43.8 Å². The Labute approximate surface area is 176 Å². The number of hydrogen-bond donors (Lipinski definition) is 1. The highest BCUT2D eigenvalue weighted by atomic mass is 19.4. The molecule has 2 aliphatic rings. The summed E-state index contributed by atoms with van der Waals surface area (Å²) < 4.78 is 41.3. The number of anilines is 1. The molecule has 1 saturated heterocycles. The largest absolute Gasteiger partial charge is 0.418 e. The third-order valence-electron chi connectivity index (χ3n) is 5.92. The molecular formula is C21H21F3N6O. The quantitative estimate of drug-likeness (QED) is 0.667. The third-order valence-corrected chi connectivity index (χ3v) is 5.92. The normalized spacial score (nSPS) is 17.8. The number of carbonyl (C=O) groups excluding carboxylic acids is 1. The van der Waals surface area contributed by atoms with E-state index in [0.717, 1.165) is 30.4 Å². The number of nitrogens with one attached hydrogen (secondary N) is 1. The highest BCUT2D eigenvalue weighted by molar-refractivity contribution is 5.90. The molecule has 0 atom stereocenters. The van der Waals surface area contributed by atoms with E-state index in [1.54, 1.807) is 4.52 Å². The van der Waals surface area contributed by atoms with E-state index in [1.807, 2.05) is 12.1 Å². The molecule has 5 rings (SSSR count). The number of hydrogen-bond acceptors (Lipinski definition) is 4. The van der Waals surface area contributed by atoms with Crippen LogP contribution in [0.5, 0.6) is 0 Å². The highest BCUT2D eigenvalue weighted by Gasteiger charge is 2.34. The molecule has 10 heteroatoms. The Morgan fingerprint density at radius 2 is 1.71 bits per heavy atom. The third kappa shape index (κ3) is 3.94. The first-order valence-corrected chi connectivity index (χ1v) is 10.3. The zero-order valence-corrected chi connectivity index (χ0v) is 16.6. The van der Waals surface area contributed by atoms with E-state index < -0.39 is 17.8 Å². The maximum atomic E-state index is 13.2.